The second kappa shape index (κ2) is 8.60. The van der Waals surface area contributed by atoms with Gasteiger partial charge >= 0.3 is 0 Å². The average Bonchev–Trinajstić information content (AvgIpc) is 2.16. The fourth-order valence-corrected chi connectivity index (χ4v) is 0.761. The molecular formula is C12H17N. The van der Waals surface area contributed by atoms with E-state index in [2.05, 4.69) is 18.5 Å². The summed E-state index contributed by atoms with van der Waals surface area (Å²) in [5, 5.41) is 3.18. The molecule has 1 N–H and O–H groups in total. The first-order valence-corrected chi connectivity index (χ1v) is 4.32. The van der Waals surface area contributed by atoms with Gasteiger partial charge in [0.25, 0.3) is 0 Å². The van der Waals surface area contributed by atoms with Crippen molar-refractivity contribution < 1.29 is 0 Å². The summed E-state index contributed by atoms with van der Waals surface area (Å²) in [5.41, 5.74) is 0.986. The van der Waals surface area contributed by atoms with Gasteiger partial charge in [0.15, 0.2) is 0 Å². The maximum atomic E-state index is 3.68. The molecule has 0 aliphatic rings. The molecule has 0 spiro atoms. The molecule has 1 heteroatoms. The summed E-state index contributed by atoms with van der Waals surface area (Å²) in [4.78, 5) is 0. The highest BCUT2D eigenvalue weighted by atomic mass is 14.9. The van der Waals surface area contributed by atoms with Crippen molar-refractivity contribution in [1.82, 2.24) is 5.32 Å². The van der Waals surface area contributed by atoms with Gasteiger partial charge in [0.1, 0.15) is 0 Å². The lowest BCUT2D eigenvalue weighted by Crippen LogP contribution is -2.10. The molecule has 0 atom stereocenters. The van der Waals surface area contributed by atoms with Gasteiger partial charge in [-0.05, 0) is 19.1 Å². The topological polar surface area (TPSA) is 12.0 Å². The molecular weight excluding hydrogens is 158 g/mol. The van der Waals surface area contributed by atoms with Gasteiger partial charge in [0.05, 0.1) is 0 Å². The van der Waals surface area contributed by atoms with Gasteiger partial charge in [-0.15, -0.1) is 0 Å². The lowest BCUT2D eigenvalue weighted by atomic mass is 10.3. The lowest BCUT2D eigenvalue weighted by Gasteiger charge is -2.01. The molecule has 0 aromatic heterocycles. The van der Waals surface area contributed by atoms with Crippen molar-refractivity contribution in [3.63, 3.8) is 0 Å². The molecule has 0 fully saturated rings. The fraction of sp³-hybridized carbons (Fsp3) is 0.167. The third-order valence-electron chi connectivity index (χ3n) is 1.38. The number of hydrogen-bond acceptors (Lipinski definition) is 1. The van der Waals surface area contributed by atoms with Gasteiger partial charge < -0.3 is 5.32 Å². The average molecular weight is 175 g/mol. The minimum absolute atomic E-state index is 0.802. The molecule has 0 rings (SSSR count). The van der Waals surface area contributed by atoms with Gasteiger partial charge in [-0.25, -0.2) is 0 Å². The minimum Gasteiger partial charge on any atom is -0.382 e. The Hall–Kier alpha value is -1.50. The monoisotopic (exact) mass is 175 g/mol. The smallest absolute Gasteiger partial charge is 0.0336 e. The predicted molar refractivity (Wildman–Crippen MR) is 60.4 cm³/mol. The Morgan fingerprint density at radius 3 is 2.62 bits per heavy atom. The molecule has 0 aliphatic heterocycles. The van der Waals surface area contributed by atoms with Gasteiger partial charge in [0, 0.05) is 12.2 Å². The molecule has 0 saturated carbocycles. The SMILES string of the molecule is C=C/C=C(\C=C)NC/C=C\C=C/C. The summed E-state index contributed by atoms with van der Waals surface area (Å²) < 4.78 is 0. The van der Waals surface area contributed by atoms with Crippen LogP contribution in [0.3, 0.4) is 0 Å². The summed E-state index contributed by atoms with van der Waals surface area (Å²) in [7, 11) is 0. The van der Waals surface area contributed by atoms with Crippen LogP contribution in [0.1, 0.15) is 6.92 Å². The Morgan fingerprint density at radius 2 is 2.08 bits per heavy atom. The quantitative estimate of drug-likeness (QED) is 0.612. The Bertz CT molecular complexity index is 232. The molecule has 0 aromatic rings. The van der Waals surface area contributed by atoms with Crippen molar-refractivity contribution in [2.75, 3.05) is 6.54 Å². The normalized spacial score (nSPS) is 12.2. The highest BCUT2D eigenvalue weighted by molar-refractivity contribution is 5.19. The first-order chi connectivity index (χ1) is 6.35. The zero-order chi connectivity index (χ0) is 9.94. The molecule has 0 heterocycles. The van der Waals surface area contributed by atoms with E-state index in [1.165, 1.54) is 0 Å². The van der Waals surface area contributed by atoms with Crippen molar-refractivity contribution in [3.8, 4) is 0 Å². The van der Waals surface area contributed by atoms with Gasteiger partial charge in [-0.3, -0.25) is 0 Å². The van der Waals surface area contributed by atoms with Crippen LogP contribution in [0, 0.1) is 0 Å². The van der Waals surface area contributed by atoms with E-state index in [-0.39, 0.29) is 0 Å². The van der Waals surface area contributed by atoms with Crippen molar-refractivity contribution in [3.05, 3.63) is 61.4 Å². The Kier molecular flexibility index (Phi) is 7.60. The standard InChI is InChI=1S/C12H17N/c1-4-7-8-9-11-13-12(6-3)10-5-2/h4-10,13H,2-3,11H2,1H3/b7-4-,9-8-,12-10+. The number of nitrogens with one attached hydrogen (secondary N) is 1. The highest BCUT2D eigenvalue weighted by Crippen LogP contribution is 1.89. The molecule has 0 aromatic carbocycles. The summed E-state index contributed by atoms with van der Waals surface area (Å²) >= 11 is 0. The third kappa shape index (κ3) is 6.88. The molecule has 0 aliphatic carbocycles. The Balaban J connectivity index is 3.79. The second-order valence-corrected chi connectivity index (χ2v) is 2.40. The largest absolute Gasteiger partial charge is 0.382 e. The van der Waals surface area contributed by atoms with E-state index < -0.39 is 0 Å². The van der Waals surface area contributed by atoms with Crippen molar-refractivity contribution in [1.29, 1.82) is 0 Å². The van der Waals surface area contributed by atoms with Crippen molar-refractivity contribution in [2.45, 2.75) is 6.92 Å². The molecule has 13 heavy (non-hydrogen) atoms. The van der Waals surface area contributed by atoms with E-state index in [4.69, 9.17) is 0 Å². The third-order valence-corrected chi connectivity index (χ3v) is 1.38. The van der Waals surface area contributed by atoms with E-state index in [1.807, 2.05) is 37.3 Å². The number of allylic oxidation sites excluding steroid dienone is 6. The van der Waals surface area contributed by atoms with Crippen LogP contribution in [0.2, 0.25) is 0 Å². The van der Waals surface area contributed by atoms with E-state index in [0.717, 1.165) is 12.2 Å². The maximum absolute atomic E-state index is 3.68. The first-order valence-electron chi connectivity index (χ1n) is 4.32. The number of hydrogen-bond donors (Lipinski definition) is 1. The van der Waals surface area contributed by atoms with E-state index in [9.17, 15) is 0 Å². The van der Waals surface area contributed by atoms with Crippen LogP contribution in [0.5, 0.6) is 0 Å². The van der Waals surface area contributed by atoms with E-state index in [0.29, 0.717) is 0 Å². The highest BCUT2D eigenvalue weighted by Gasteiger charge is 1.83. The summed E-state index contributed by atoms with van der Waals surface area (Å²) in [6.45, 7) is 10.1. The first kappa shape index (κ1) is 11.5. The van der Waals surface area contributed by atoms with Crippen LogP contribution < -0.4 is 5.32 Å². The lowest BCUT2D eigenvalue weighted by molar-refractivity contribution is 0.936. The maximum Gasteiger partial charge on any atom is 0.0336 e. The van der Waals surface area contributed by atoms with E-state index in [1.54, 1.807) is 12.2 Å². The van der Waals surface area contributed by atoms with Gasteiger partial charge in [-0.1, -0.05) is 43.5 Å². The zero-order valence-electron chi connectivity index (χ0n) is 8.16. The second-order valence-electron chi connectivity index (χ2n) is 2.40. The van der Waals surface area contributed by atoms with Crippen LogP contribution in [0.25, 0.3) is 0 Å². The van der Waals surface area contributed by atoms with Crippen molar-refractivity contribution in [2.24, 2.45) is 0 Å². The van der Waals surface area contributed by atoms with Gasteiger partial charge in [-0.2, -0.15) is 0 Å². The molecule has 0 bridgehead atoms. The van der Waals surface area contributed by atoms with Crippen LogP contribution in [0.15, 0.2) is 61.4 Å². The molecule has 1 nitrogen and oxygen atoms in total. The Labute approximate surface area is 80.9 Å². The van der Waals surface area contributed by atoms with Crippen LogP contribution in [-0.4, -0.2) is 6.54 Å². The Morgan fingerprint density at radius 1 is 1.31 bits per heavy atom. The van der Waals surface area contributed by atoms with Crippen LogP contribution >= 0.6 is 0 Å². The fourth-order valence-electron chi connectivity index (χ4n) is 0.761. The molecule has 0 amide bonds. The molecule has 0 unspecified atom stereocenters. The van der Waals surface area contributed by atoms with Crippen LogP contribution in [-0.2, 0) is 0 Å². The van der Waals surface area contributed by atoms with Crippen LogP contribution in [0.4, 0.5) is 0 Å². The molecule has 70 valence electrons. The van der Waals surface area contributed by atoms with Crippen molar-refractivity contribution >= 4 is 0 Å². The molecule has 0 saturated heterocycles. The number of rotatable bonds is 6. The van der Waals surface area contributed by atoms with E-state index >= 15 is 0 Å². The zero-order valence-corrected chi connectivity index (χ0v) is 8.16. The van der Waals surface area contributed by atoms with Gasteiger partial charge in [0.2, 0.25) is 0 Å². The summed E-state index contributed by atoms with van der Waals surface area (Å²) in [6, 6.07) is 0. The summed E-state index contributed by atoms with van der Waals surface area (Å²) in [6.07, 6.45) is 13.4. The minimum atomic E-state index is 0.802. The predicted octanol–water partition coefficient (Wildman–Crippen LogP) is 2.96. The molecule has 0 radical (unpaired) electrons. The summed E-state index contributed by atoms with van der Waals surface area (Å²) in [5.74, 6) is 0.